The third kappa shape index (κ3) is 13.7. The van der Waals surface area contributed by atoms with E-state index in [4.69, 9.17) is 37.9 Å². The molecule has 0 bridgehead atoms. The molecule has 0 fully saturated rings. The van der Waals surface area contributed by atoms with Crippen LogP contribution in [-0.2, 0) is 9.13 Å². The summed E-state index contributed by atoms with van der Waals surface area (Å²) in [5.74, 6) is 5.85. The van der Waals surface area contributed by atoms with Crippen LogP contribution in [0.15, 0.2) is 127 Å². The van der Waals surface area contributed by atoms with Gasteiger partial charge in [0.1, 0.15) is 46.0 Å². The van der Waals surface area contributed by atoms with E-state index in [0.717, 1.165) is 60.1 Å². The van der Waals surface area contributed by atoms with Crippen LogP contribution >= 0.6 is 44.9 Å². The van der Waals surface area contributed by atoms with Crippen LogP contribution in [0.3, 0.4) is 0 Å². The minimum Gasteiger partial charge on any atom is -0.497 e. The van der Waals surface area contributed by atoms with E-state index in [2.05, 4.69) is 15.5 Å². The largest absolute Gasteiger partial charge is 0.497 e. The lowest BCUT2D eigenvalue weighted by molar-refractivity contribution is 0.396. The van der Waals surface area contributed by atoms with Gasteiger partial charge in [0.05, 0.1) is 56.9 Å². The first-order valence-electron chi connectivity index (χ1n) is 22.1. The number of hydrogen-bond acceptors (Lipinski definition) is 10. The van der Waals surface area contributed by atoms with E-state index in [1.807, 2.05) is 184 Å². The zero-order valence-corrected chi connectivity index (χ0v) is 48.8. The molecule has 19 heteroatoms. The predicted octanol–water partition coefficient (Wildman–Crippen LogP) is 8.51. The normalized spacial score (nSPS) is 11.5. The number of ether oxygens (including phenoxy) is 8. The van der Waals surface area contributed by atoms with E-state index in [1.165, 1.54) is 0 Å². The fourth-order valence-electron chi connectivity index (χ4n) is 7.48. The van der Waals surface area contributed by atoms with Crippen molar-refractivity contribution in [1.29, 1.82) is 0 Å². The quantitative estimate of drug-likeness (QED) is 0.0721. The number of halogens is 1. The van der Waals surface area contributed by atoms with E-state index in [0.29, 0.717) is 23.0 Å². The summed E-state index contributed by atoms with van der Waals surface area (Å²) in [6.07, 6.45) is 0. The van der Waals surface area contributed by atoms with Crippen LogP contribution in [0.4, 0.5) is 0 Å². The maximum atomic E-state index is 14.5. The minimum absolute atomic E-state index is 0.688. The average Bonchev–Trinajstić information content (AvgIpc) is 3.40. The Labute approximate surface area is 432 Å². The van der Waals surface area contributed by atoms with E-state index < -0.39 is 29.4 Å². The van der Waals surface area contributed by atoms with Crippen molar-refractivity contribution in [1.82, 2.24) is 18.7 Å². The molecule has 0 aromatic heterocycles. The SMILES string of the molecule is CN(C)P(=O)(c1ccccc1)N(C)C.COc1ccc(P(Br)c2ccc(OC)cc2OC)c(OC)c1.COc1ccc(P(c2ccc(OC)cc2OC)c2ccccc2P(=O)(N(C)C)N(C)C)c(OC)c1. The molecule has 0 unspecified atom stereocenters. The maximum Gasteiger partial charge on any atom is 0.245 e. The van der Waals surface area contributed by atoms with Crippen LogP contribution in [0.2, 0.25) is 0 Å². The smallest absolute Gasteiger partial charge is 0.245 e. The Morgan fingerprint density at radius 1 is 0.366 bits per heavy atom. The number of nitrogens with zero attached hydrogens (tertiary/aromatic N) is 4. The molecule has 6 aromatic carbocycles. The van der Waals surface area contributed by atoms with Crippen molar-refractivity contribution in [2.75, 3.05) is 113 Å². The van der Waals surface area contributed by atoms with Gasteiger partial charge in [-0.15, -0.1) is 0 Å². The summed E-state index contributed by atoms with van der Waals surface area (Å²) < 4.78 is 78.3. The minimum atomic E-state index is -3.07. The summed E-state index contributed by atoms with van der Waals surface area (Å²) >= 11 is 3.79. The van der Waals surface area contributed by atoms with Crippen molar-refractivity contribution in [2.24, 2.45) is 0 Å². The second-order valence-electron chi connectivity index (χ2n) is 16.1. The molecule has 71 heavy (non-hydrogen) atoms. The van der Waals surface area contributed by atoms with Gasteiger partial charge in [-0.25, -0.2) is 18.7 Å². The van der Waals surface area contributed by atoms with Crippen LogP contribution in [0.25, 0.3) is 0 Å². The van der Waals surface area contributed by atoms with Gasteiger partial charge in [-0.05, 0) is 152 Å². The molecular formula is C52H69BrN4O10P4. The van der Waals surface area contributed by atoms with Crippen molar-refractivity contribution >= 4 is 82.1 Å². The molecule has 14 nitrogen and oxygen atoms in total. The Hall–Kier alpha value is -4.64. The molecule has 0 heterocycles. The molecule has 0 aliphatic carbocycles. The van der Waals surface area contributed by atoms with Crippen LogP contribution in [-0.4, -0.2) is 132 Å². The number of benzene rings is 6. The summed E-state index contributed by atoms with van der Waals surface area (Å²) in [7, 11) is 21.0. The summed E-state index contributed by atoms with van der Waals surface area (Å²) in [6.45, 7) is -0.807. The molecule has 6 rings (SSSR count). The lowest BCUT2D eigenvalue weighted by atomic mass is 10.3. The van der Waals surface area contributed by atoms with Crippen molar-refractivity contribution in [3.63, 3.8) is 0 Å². The van der Waals surface area contributed by atoms with Crippen molar-refractivity contribution in [3.8, 4) is 46.0 Å². The third-order valence-electron chi connectivity index (χ3n) is 11.2. The molecule has 0 aliphatic rings. The monoisotopic (exact) mass is 1110 g/mol. The topological polar surface area (TPSA) is 121 Å². The average molecular weight is 1110 g/mol. The highest BCUT2D eigenvalue weighted by molar-refractivity contribution is 9.41. The Bertz CT molecular complexity index is 2620. The Kier molecular flexibility index (Phi) is 22.8. The molecular weight excluding hydrogens is 1040 g/mol. The van der Waals surface area contributed by atoms with Gasteiger partial charge in [-0.1, -0.05) is 36.4 Å². The lowest BCUT2D eigenvalue weighted by Crippen LogP contribution is -2.38. The first-order chi connectivity index (χ1) is 33.8. The van der Waals surface area contributed by atoms with Crippen molar-refractivity contribution in [2.45, 2.75) is 0 Å². The van der Waals surface area contributed by atoms with Crippen LogP contribution in [0, 0.1) is 0 Å². The Morgan fingerprint density at radius 3 is 1.00 bits per heavy atom. The van der Waals surface area contributed by atoms with Gasteiger partial charge in [-0.2, -0.15) is 0 Å². The second kappa shape index (κ2) is 27.4. The Balaban J connectivity index is 0.000000258. The van der Waals surface area contributed by atoms with Gasteiger partial charge >= 0.3 is 0 Å². The number of hydrogen-bond donors (Lipinski definition) is 0. The molecule has 384 valence electrons. The standard InChI is InChI=1S/C26H34N2O5P2.C16H18BrO4P.C10H17N2OP/c1-27(2)35(29,28(3)4)26-12-10-9-11-25(26)34(23-15-13-19(30-5)17-21(23)32-7)24-16-14-20(31-6)18-22(24)33-8;1-18-11-5-7-15(13(9-11)20-3)22(17)16-8-6-12(19-2)10-14(16)21-4;1-11(2)14(13,12(3)4)10-8-6-5-7-9-10/h9-18H,1-8H3;5-10H,1-4H3;5-9H,1-4H3. The first-order valence-corrected chi connectivity index (χ1v) is 30.0. The predicted molar refractivity (Wildman–Crippen MR) is 301 cm³/mol. The van der Waals surface area contributed by atoms with Gasteiger partial charge in [0.15, 0.2) is 0 Å². The lowest BCUT2D eigenvalue weighted by Gasteiger charge is -2.34. The van der Waals surface area contributed by atoms with E-state index >= 15 is 0 Å². The van der Waals surface area contributed by atoms with E-state index in [-0.39, 0.29) is 0 Å². The molecule has 0 saturated carbocycles. The number of methoxy groups -OCH3 is 8. The third-order valence-corrected chi connectivity index (χ3v) is 24.1. The van der Waals surface area contributed by atoms with Crippen molar-refractivity contribution < 1.29 is 47.0 Å². The summed E-state index contributed by atoms with van der Waals surface area (Å²) in [6, 6.07) is 40.7. The van der Waals surface area contributed by atoms with Gasteiger partial charge in [0.25, 0.3) is 0 Å². The zero-order valence-electron chi connectivity index (χ0n) is 43.7. The van der Waals surface area contributed by atoms with E-state index in [9.17, 15) is 9.13 Å². The molecule has 0 aliphatic heterocycles. The summed E-state index contributed by atoms with van der Waals surface area (Å²) in [4.78, 5) is 0. The zero-order chi connectivity index (χ0) is 52.6. The van der Waals surface area contributed by atoms with E-state index in [1.54, 1.807) is 75.6 Å². The Morgan fingerprint density at radius 2 is 0.676 bits per heavy atom. The highest BCUT2D eigenvalue weighted by Gasteiger charge is 2.37. The molecule has 0 amide bonds. The van der Waals surface area contributed by atoms with Gasteiger partial charge in [-0.3, -0.25) is 9.13 Å². The molecule has 0 spiro atoms. The highest BCUT2D eigenvalue weighted by Crippen LogP contribution is 2.52. The molecule has 0 radical (unpaired) electrons. The second-order valence-corrected chi connectivity index (χ2v) is 28.2. The molecule has 0 N–H and O–H groups in total. The van der Waals surface area contributed by atoms with Gasteiger partial charge in [0.2, 0.25) is 14.9 Å². The van der Waals surface area contributed by atoms with Gasteiger partial charge < -0.3 is 37.9 Å². The van der Waals surface area contributed by atoms with Crippen LogP contribution < -0.4 is 75.0 Å². The highest BCUT2D eigenvalue weighted by atomic mass is 79.9. The van der Waals surface area contributed by atoms with Crippen LogP contribution in [0.5, 0.6) is 46.0 Å². The molecule has 0 atom stereocenters. The summed E-state index contributed by atoms with van der Waals surface area (Å²) in [5, 5.41) is 6.64. The molecule has 0 saturated heterocycles. The fraction of sp³-hybridized carbons (Fsp3) is 0.308. The van der Waals surface area contributed by atoms with Crippen molar-refractivity contribution in [3.05, 3.63) is 127 Å². The maximum absolute atomic E-state index is 14.5. The number of rotatable bonds is 19. The van der Waals surface area contributed by atoms with Crippen LogP contribution in [0.1, 0.15) is 0 Å². The fourth-order valence-corrected chi connectivity index (χ4v) is 18.2. The summed E-state index contributed by atoms with van der Waals surface area (Å²) in [5.41, 5.74) is 0. The molecule has 6 aromatic rings. The first kappa shape index (κ1) is 58.9. The van der Waals surface area contributed by atoms with Gasteiger partial charge in [0, 0.05) is 62.7 Å².